The van der Waals surface area contributed by atoms with Crippen molar-refractivity contribution in [2.24, 2.45) is 0 Å². The number of halogens is 4. The van der Waals surface area contributed by atoms with Gasteiger partial charge in [0.2, 0.25) is 0 Å². The molecule has 0 atom stereocenters. The van der Waals surface area contributed by atoms with Gasteiger partial charge in [-0.3, -0.25) is 0 Å². The second-order valence-electron chi connectivity index (χ2n) is 3.75. The predicted molar refractivity (Wildman–Crippen MR) is 70.0 cm³/mol. The van der Waals surface area contributed by atoms with Crippen molar-refractivity contribution in [3.8, 4) is 22.6 Å². The maximum Gasteiger partial charge on any atom is 0.145 e. The zero-order chi connectivity index (χ0) is 14.2. The highest BCUT2D eigenvalue weighted by Crippen LogP contribution is 2.43. The van der Waals surface area contributed by atoms with E-state index in [1.807, 2.05) is 0 Å². The zero-order valence-electron chi connectivity index (χ0n) is 9.68. The first kappa shape index (κ1) is 13.9. The first-order valence-corrected chi connectivity index (χ1v) is 5.91. The van der Waals surface area contributed by atoms with Gasteiger partial charge in [-0.2, -0.15) is 0 Å². The summed E-state index contributed by atoms with van der Waals surface area (Å²) in [6.45, 7) is 0. The van der Waals surface area contributed by atoms with Gasteiger partial charge in [0.15, 0.2) is 0 Å². The van der Waals surface area contributed by atoms with Gasteiger partial charge >= 0.3 is 0 Å². The fourth-order valence-corrected chi connectivity index (χ4v) is 2.23. The van der Waals surface area contributed by atoms with Crippen LogP contribution in [0.1, 0.15) is 0 Å². The Morgan fingerprint density at radius 1 is 0.947 bits per heavy atom. The maximum atomic E-state index is 13.4. The van der Waals surface area contributed by atoms with Gasteiger partial charge in [-0.05, 0) is 24.3 Å². The number of benzene rings is 2. The molecule has 0 aliphatic carbocycles. The van der Waals surface area contributed by atoms with Crippen LogP contribution in [0.4, 0.5) is 8.78 Å². The quantitative estimate of drug-likeness (QED) is 0.875. The third kappa shape index (κ3) is 2.60. The molecule has 2 nitrogen and oxygen atoms in total. The molecule has 19 heavy (non-hydrogen) atoms. The van der Waals surface area contributed by atoms with E-state index in [4.69, 9.17) is 27.9 Å². The average Bonchev–Trinajstić information content (AvgIpc) is 2.33. The molecule has 0 bridgehead atoms. The third-order valence-electron chi connectivity index (χ3n) is 2.53. The Balaban J connectivity index is 2.78. The Morgan fingerprint density at radius 2 is 1.47 bits per heavy atom. The standard InChI is InChI=1S/C13H8Cl2F2O2/c1-19-13-9(3-7(17)5-11(13)15)8-2-6(16)4-10(14)12(8)18/h2-5,18H,1H3. The molecule has 0 amide bonds. The van der Waals surface area contributed by atoms with Crippen molar-refractivity contribution in [2.75, 3.05) is 7.11 Å². The van der Waals surface area contributed by atoms with Crippen molar-refractivity contribution in [3.05, 3.63) is 45.9 Å². The number of methoxy groups -OCH3 is 1. The van der Waals surface area contributed by atoms with E-state index in [9.17, 15) is 13.9 Å². The van der Waals surface area contributed by atoms with Crippen LogP contribution in [0.2, 0.25) is 10.0 Å². The van der Waals surface area contributed by atoms with Crippen LogP contribution >= 0.6 is 23.2 Å². The summed E-state index contributed by atoms with van der Waals surface area (Å²) >= 11 is 11.5. The molecule has 0 aliphatic heterocycles. The normalized spacial score (nSPS) is 10.6. The van der Waals surface area contributed by atoms with E-state index in [0.29, 0.717) is 0 Å². The summed E-state index contributed by atoms with van der Waals surface area (Å²) in [5.41, 5.74) is 0.120. The number of hydrogen-bond acceptors (Lipinski definition) is 2. The molecule has 0 aliphatic rings. The Morgan fingerprint density at radius 3 is 2.05 bits per heavy atom. The fourth-order valence-electron chi connectivity index (χ4n) is 1.74. The Bertz CT molecular complexity index is 645. The van der Waals surface area contributed by atoms with Crippen molar-refractivity contribution in [1.29, 1.82) is 0 Å². The van der Waals surface area contributed by atoms with Crippen molar-refractivity contribution < 1.29 is 18.6 Å². The van der Waals surface area contributed by atoms with Gasteiger partial charge in [-0.25, -0.2) is 8.78 Å². The van der Waals surface area contributed by atoms with Gasteiger partial charge in [0.05, 0.1) is 17.2 Å². The molecule has 2 aromatic rings. The summed E-state index contributed by atoms with van der Waals surface area (Å²) < 4.78 is 31.8. The number of phenols is 1. The SMILES string of the molecule is COc1c(Cl)cc(F)cc1-c1cc(F)cc(Cl)c1O. The number of aromatic hydroxyl groups is 1. The number of phenolic OH excluding ortho intramolecular Hbond substituents is 1. The number of ether oxygens (including phenoxy) is 1. The number of rotatable bonds is 2. The lowest BCUT2D eigenvalue weighted by Crippen LogP contribution is -1.92. The molecule has 1 N–H and O–H groups in total. The van der Waals surface area contributed by atoms with E-state index >= 15 is 0 Å². The highest BCUT2D eigenvalue weighted by Gasteiger charge is 2.18. The summed E-state index contributed by atoms with van der Waals surface area (Å²) in [7, 11) is 1.33. The van der Waals surface area contributed by atoms with Gasteiger partial charge in [-0.15, -0.1) is 0 Å². The lowest BCUT2D eigenvalue weighted by Gasteiger charge is -2.13. The molecule has 100 valence electrons. The molecule has 2 aromatic carbocycles. The summed E-state index contributed by atoms with van der Waals surface area (Å²) in [5, 5.41) is 9.69. The van der Waals surface area contributed by atoms with Crippen molar-refractivity contribution in [1.82, 2.24) is 0 Å². The molecule has 0 saturated heterocycles. The second kappa shape index (κ2) is 5.23. The third-order valence-corrected chi connectivity index (χ3v) is 3.10. The van der Waals surface area contributed by atoms with Crippen LogP contribution in [0.15, 0.2) is 24.3 Å². The molecule has 0 aromatic heterocycles. The largest absolute Gasteiger partial charge is 0.506 e. The van der Waals surface area contributed by atoms with Gasteiger partial charge in [0, 0.05) is 11.1 Å². The van der Waals surface area contributed by atoms with E-state index in [1.165, 1.54) is 7.11 Å². The van der Waals surface area contributed by atoms with Crippen molar-refractivity contribution in [3.63, 3.8) is 0 Å². The van der Waals surface area contributed by atoms with Crippen molar-refractivity contribution in [2.45, 2.75) is 0 Å². The summed E-state index contributed by atoms with van der Waals surface area (Å²) in [6.07, 6.45) is 0. The number of hydrogen-bond donors (Lipinski definition) is 1. The van der Waals surface area contributed by atoms with Crippen LogP contribution in [0.5, 0.6) is 11.5 Å². The molecule has 6 heteroatoms. The van der Waals surface area contributed by atoms with Crippen LogP contribution in [-0.2, 0) is 0 Å². The molecular weight excluding hydrogens is 297 g/mol. The monoisotopic (exact) mass is 304 g/mol. The minimum Gasteiger partial charge on any atom is -0.506 e. The Hall–Kier alpha value is -1.52. The van der Waals surface area contributed by atoms with E-state index < -0.39 is 11.6 Å². The van der Waals surface area contributed by atoms with Gasteiger partial charge in [-0.1, -0.05) is 23.2 Å². The maximum absolute atomic E-state index is 13.4. The summed E-state index contributed by atoms with van der Waals surface area (Å²) in [6, 6.07) is 4.11. The minimum atomic E-state index is -0.666. The van der Waals surface area contributed by atoms with Gasteiger partial charge in [0.25, 0.3) is 0 Å². The highest BCUT2D eigenvalue weighted by atomic mass is 35.5. The predicted octanol–water partition coefficient (Wildman–Crippen LogP) is 4.65. The van der Waals surface area contributed by atoms with Crippen LogP contribution in [0.25, 0.3) is 11.1 Å². The van der Waals surface area contributed by atoms with E-state index in [-0.39, 0.29) is 32.7 Å². The van der Waals surface area contributed by atoms with Crippen LogP contribution in [0, 0.1) is 11.6 Å². The van der Waals surface area contributed by atoms with Crippen LogP contribution in [0.3, 0.4) is 0 Å². The average molecular weight is 305 g/mol. The lowest BCUT2D eigenvalue weighted by atomic mass is 10.0. The molecule has 0 fully saturated rings. The van der Waals surface area contributed by atoms with Crippen LogP contribution < -0.4 is 4.74 Å². The van der Waals surface area contributed by atoms with E-state index in [2.05, 4.69) is 0 Å². The Labute approximate surface area is 118 Å². The zero-order valence-corrected chi connectivity index (χ0v) is 11.2. The lowest BCUT2D eigenvalue weighted by molar-refractivity contribution is 0.415. The molecule has 0 unspecified atom stereocenters. The molecule has 0 heterocycles. The summed E-state index contributed by atoms with van der Waals surface area (Å²) in [4.78, 5) is 0. The first-order valence-electron chi connectivity index (χ1n) is 5.15. The minimum absolute atomic E-state index is 0.00301. The fraction of sp³-hybridized carbons (Fsp3) is 0.0769. The smallest absolute Gasteiger partial charge is 0.145 e. The highest BCUT2D eigenvalue weighted by molar-refractivity contribution is 6.33. The second-order valence-corrected chi connectivity index (χ2v) is 4.57. The molecule has 0 saturated carbocycles. The van der Waals surface area contributed by atoms with E-state index in [1.54, 1.807) is 0 Å². The molecular formula is C13H8Cl2F2O2. The topological polar surface area (TPSA) is 29.5 Å². The van der Waals surface area contributed by atoms with Gasteiger partial charge < -0.3 is 9.84 Å². The molecule has 0 spiro atoms. The molecule has 2 rings (SSSR count). The van der Waals surface area contributed by atoms with E-state index in [0.717, 1.165) is 24.3 Å². The van der Waals surface area contributed by atoms with Gasteiger partial charge in [0.1, 0.15) is 23.1 Å². The summed E-state index contributed by atoms with van der Waals surface area (Å²) in [5.74, 6) is -1.55. The van der Waals surface area contributed by atoms with Crippen molar-refractivity contribution >= 4 is 23.2 Å². The Kier molecular flexibility index (Phi) is 3.83. The first-order chi connectivity index (χ1) is 8.93. The van der Waals surface area contributed by atoms with Crippen LogP contribution in [-0.4, -0.2) is 12.2 Å². The molecule has 0 radical (unpaired) electrons.